The summed E-state index contributed by atoms with van der Waals surface area (Å²) in [4.78, 5) is 10.9. The van der Waals surface area contributed by atoms with Crippen LogP contribution in [0.25, 0.3) is 0 Å². The number of carbonyl (C=O) groups is 1. The number of aliphatic hydroxyl groups is 1. The van der Waals surface area contributed by atoms with Gasteiger partial charge in [-0.3, -0.25) is 4.79 Å². The zero-order valence-electron chi connectivity index (χ0n) is 19.4. The minimum atomic E-state index is -0.912. The van der Waals surface area contributed by atoms with E-state index in [1.54, 1.807) is 0 Å². The third kappa shape index (κ3) is 8.67. The molecular weight excluding hydrogens is 435 g/mol. The molecule has 0 heterocycles. The van der Waals surface area contributed by atoms with Gasteiger partial charge in [-0.2, -0.15) is 0 Å². The van der Waals surface area contributed by atoms with Crippen LogP contribution in [-0.4, -0.2) is 49.1 Å². The Morgan fingerprint density at radius 1 is 0.969 bits per heavy atom. The highest BCUT2D eigenvalue weighted by atomic mass is 35.5. The summed E-state index contributed by atoms with van der Waals surface area (Å²) in [5, 5.41) is 9.49. The van der Waals surface area contributed by atoms with Gasteiger partial charge >= 0.3 is 5.97 Å². The summed E-state index contributed by atoms with van der Waals surface area (Å²) in [6.07, 6.45) is -1.61. The Labute approximate surface area is 195 Å². The van der Waals surface area contributed by atoms with Crippen LogP contribution >= 0.6 is 11.6 Å². The first-order valence-electron chi connectivity index (χ1n) is 10.7. The first kappa shape index (κ1) is 27.7. The lowest BCUT2D eigenvalue weighted by atomic mass is 9.78. The van der Waals surface area contributed by atoms with Crippen LogP contribution < -0.4 is 9.47 Å². The van der Waals surface area contributed by atoms with Crippen molar-refractivity contribution in [3.8, 4) is 11.5 Å². The smallest absolute Gasteiger partial charge is 0.303 e. The molecule has 0 aromatic heterocycles. The fourth-order valence-corrected chi connectivity index (χ4v) is 2.96. The van der Waals surface area contributed by atoms with E-state index in [4.69, 9.17) is 25.8 Å². The maximum atomic E-state index is 12.9. The van der Waals surface area contributed by atoms with Gasteiger partial charge in [-0.15, -0.1) is 11.6 Å². The van der Waals surface area contributed by atoms with E-state index in [9.17, 15) is 14.3 Å². The lowest BCUT2D eigenvalue weighted by molar-refractivity contribution is -0.148. The number of alkyl halides is 2. The molecular formula is C25H34ClFO5. The Hall–Kier alpha value is -2.31. The third-order valence-corrected chi connectivity index (χ3v) is 5.07. The standard InChI is InChI=1S/C23H28ClFO5.C2H6/c1-16(26)30-22(13-25)15-29-21-10-6-18(7-11-21)23(2,3)17-4-8-20(9-5-17)28-14-19(27)12-24;1-2/h4-11,19,22,27H,12-15H2,1-3H3;1-2H3. The monoisotopic (exact) mass is 468 g/mol. The molecule has 32 heavy (non-hydrogen) atoms. The molecule has 2 rings (SSSR count). The second-order valence-corrected chi connectivity index (χ2v) is 7.80. The van der Waals surface area contributed by atoms with Gasteiger partial charge in [-0.05, 0) is 35.4 Å². The van der Waals surface area contributed by atoms with Crippen LogP contribution in [0.3, 0.4) is 0 Å². The minimum absolute atomic E-state index is 0.0430. The number of aliphatic hydroxyl groups excluding tert-OH is 1. The number of hydrogen-bond donors (Lipinski definition) is 1. The highest BCUT2D eigenvalue weighted by Gasteiger charge is 2.23. The van der Waals surface area contributed by atoms with Crippen LogP contribution in [0.2, 0.25) is 0 Å². The van der Waals surface area contributed by atoms with Crippen LogP contribution in [0.15, 0.2) is 48.5 Å². The van der Waals surface area contributed by atoms with E-state index < -0.39 is 24.9 Å². The third-order valence-electron chi connectivity index (χ3n) is 4.71. The summed E-state index contributed by atoms with van der Waals surface area (Å²) in [7, 11) is 0. The van der Waals surface area contributed by atoms with Gasteiger partial charge in [0.15, 0.2) is 6.10 Å². The van der Waals surface area contributed by atoms with Gasteiger partial charge in [0, 0.05) is 12.3 Å². The number of esters is 1. The predicted molar refractivity (Wildman–Crippen MR) is 126 cm³/mol. The van der Waals surface area contributed by atoms with Crippen molar-refractivity contribution >= 4 is 17.6 Å². The Bertz CT molecular complexity index is 793. The van der Waals surface area contributed by atoms with Crippen molar-refractivity contribution < 1.29 is 28.5 Å². The summed E-state index contributed by atoms with van der Waals surface area (Å²) >= 11 is 5.57. The molecule has 0 saturated carbocycles. The fraction of sp³-hybridized carbons (Fsp3) is 0.480. The zero-order chi connectivity index (χ0) is 24.1. The normalized spacial score (nSPS) is 12.8. The molecule has 0 aliphatic heterocycles. The number of hydrogen-bond acceptors (Lipinski definition) is 5. The van der Waals surface area contributed by atoms with E-state index in [1.165, 1.54) is 6.92 Å². The Kier molecular flexibility index (Phi) is 12.1. The highest BCUT2D eigenvalue weighted by molar-refractivity contribution is 6.18. The molecule has 0 spiro atoms. The summed E-state index contributed by atoms with van der Waals surface area (Å²) < 4.78 is 28.8. The van der Waals surface area contributed by atoms with E-state index in [2.05, 4.69) is 13.8 Å². The van der Waals surface area contributed by atoms with E-state index in [0.29, 0.717) is 11.5 Å². The maximum Gasteiger partial charge on any atom is 0.303 e. The van der Waals surface area contributed by atoms with Crippen molar-refractivity contribution in [1.82, 2.24) is 0 Å². The van der Waals surface area contributed by atoms with Crippen LogP contribution in [0.1, 0.15) is 45.7 Å². The average molecular weight is 469 g/mol. The van der Waals surface area contributed by atoms with Gasteiger partial charge < -0.3 is 19.3 Å². The molecule has 1 N–H and O–H groups in total. The molecule has 0 fully saturated rings. The molecule has 0 amide bonds. The predicted octanol–water partition coefficient (Wildman–Crippen LogP) is 5.30. The van der Waals surface area contributed by atoms with Gasteiger partial charge in [0.2, 0.25) is 0 Å². The van der Waals surface area contributed by atoms with Crippen LogP contribution in [0.4, 0.5) is 4.39 Å². The first-order valence-corrected chi connectivity index (χ1v) is 11.2. The first-order chi connectivity index (χ1) is 15.3. The van der Waals surface area contributed by atoms with Crippen LogP contribution in [-0.2, 0) is 14.9 Å². The van der Waals surface area contributed by atoms with Crippen molar-refractivity contribution in [2.45, 2.75) is 52.2 Å². The average Bonchev–Trinajstić information content (AvgIpc) is 2.81. The van der Waals surface area contributed by atoms with Gasteiger partial charge in [-0.25, -0.2) is 4.39 Å². The lowest BCUT2D eigenvalue weighted by Gasteiger charge is -2.26. The summed E-state index contributed by atoms with van der Waals surface area (Å²) in [5.74, 6) is 0.827. The Balaban J connectivity index is 0.00000249. The molecule has 2 unspecified atom stereocenters. The van der Waals surface area contributed by atoms with Crippen LogP contribution in [0, 0.1) is 0 Å². The largest absolute Gasteiger partial charge is 0.491 e. The van der Waals surface area contributed by atoms with Gasteiger partial charge in [0.25, 0.3) is 0 Å². The molecule has 0 radical (unpaired) electrons. The van der Waals surface area contributed by atoms with Crippen molar-refractivity contribution in [3.05, 3.63) is 59.7 Å². The van der Waals surface area contributed by atoms with Crippen molar-refractivity contribution in [2.24, 2.45) is 0 Å². The van der Waals surface area contributed by atoms with Gasteiger partial charge in [0.1, 0.15) is 37.5 Å². The van der Waals surface area contributed by atoms with E-state index in [-0.39, 0.29) is 24.5 Å². The van der Waals surface area contributed by atoms with Crippen molar-refractivity contribution in [3.63, 3.8) is 0 Å². The SMILES string of the molecule is CC.CC(=O)OC(CF)COc1ccc(C(C)(C)c2ccc(OCC(O)CCl)cc2)cc1. The van der Waals surface area contributed by atoms with Crippen molar-refractivity contribution in [2.75, 3.05) is 25.8 Å². The molecule has 178 valence electrons. The van der Waals surface area contributed by atoms with E-state index in [1.807, 2.05) is 62.4 Å². The summed E-state index contributed by atoms with van der Waals surface area (Å²) in [6.45, 7) is 8.76. The highest BCUT2D eigenvalue weighted by Crippen LogP contribution is 2.33. The number of halogens is 2. The summed E-state index contributed by atoms with van der Waals surface area (Å²) in [6, 6.07) is 15.2. The van der Waals surface area contributed by atoms with Crippen LogP contribution in [0.5, 0.6) is 11.5 Å². The lowest BCUT2D eigenvalue weighted by Crippen LogP contribution is -2.26. The minimum Gasteiger partial charge on any atom is -0.491 e. The maximum absolute atomic E-state index is 12.9. The van der Waals surface area contributed by atoms with E-state index in [0.717, 1.165) is 11.1 Å². The van der Waals surface area contributed by atoms with E-state index >= 15 is 0 Å². The second kappa shape index (κ2) is 14.0. The molecule has 2 atom stereocenters. The topological polar surface area (TPSA) is 65.0 Å². The Morgan fingerprint density at radius 2 is 1.41 bits per heavy atom. The molecule has 0 saturated heterocycles. The quantitative estimate of drug-likeness (QED) is 0.358. The molecule has 0 bridgehead atoms. The number of rotatable bonds is 11. The molecule has 7 heteroatoms. The number of ether oxygens (including phenoxy) is 3. The molecule has 5 nitrogen and oxygen atoms in total. The summed E-state index contributed by atoms with van der Waals surface area (Å²) in [5.41, 5.74) is 1.89. The van der Waals surface area contributed by atoms with Crippen molar-refractivity contribution in [1.29, 1.82) is 0 Å². The van der Waals surface area contributed by atoms with Gasteiger partial charge in [0.05, 0.1) is 5.88 Å². The zero-order valence-corrected chi connectivity index (χ0v) is 20.2. The number of benzene rings is 2. The molecule has 2 aromatic carbocycles. The second-order valence-electron chi connectivity index (χ2n) is 7.49. The number of carbonyl (C=O) groups excluding carboxylic acids is 1. The fourth-order valence-electron chi connectivity index (χ4n) is 2.87. The molecule has 0 aliphatic rings. The Morgan fingerprint density at radius 3 is 1.78 bits per heavy atom. The molecule has 2 aromatic rings. The van der Waals surface area contributed by atoms with Gasteiger partial charge in [-0.1, -0.05) is 52.0 Å². The molecule has 0 aliphatic carbocycles.